The number of fused-ring (bicyclic) bond motifs is 6. The van der Waals surface area contributed by atoms with Gasteiger partial charge in [-0.25, -0.2) is 28.6 Å². The van der Waals surface area contributed by atoms with Crippen LogP contribution in [-0.2, 0) is 55.5 Å². The third kappa shape index (κ3) is 13.4. The quantitative estimate of drug-likeness (QED) is 0.0561. The van der Waals surface area contributed by atoms with E-state index in [1.807, 2.05) is 0 Å². The minimum atomic E-state index is -5.61. The van der Waals surface area contributed by atoms with Crippen molar-refractivity contribution in [1.29, 1.82) is 0 Å². The summed E-state index contributed by atoms with van der Waals surface area (Å²) in [5, 5.41) is 50.1. The standard InChI is InChI=1S/C45H70N7O20P3S/c1-23(26-7-8-27-34-28(18-31(55)45(26,27)5)44(4)12-10-25(53)16-24(44)17-29(34)54)6-9-33(57)76-15-14-47-32(56)11-13-48-41(60)38(59)43(2,3)20-69-75(66,67)72-74(64,65)68-19-30-37(71-73(61,62)63)36(58)42(70-30)52-22-51-35-39(46)49-21-50-40(35)52/h16,21-23,26-31,34,36-38,42,54-55,58-59H,6-15,17-20H2,1-5H3,(H,47,56)(H,48,60)(H,64,65)(H,66,67)(H2,46,49,50)(H2,61,62,63). The molecule has 0 spiro atoms. The number of ether oxygens (including phenoxy) is 1. The van der Waals surface area contributed by atoms with E-state index >= 15 is 0 Å². The van der Waals surface area contributed by atoms with Crippen LogP contribution in [0.2, 0.25) is 0 Å². The Kier molecular flexibility index (Phi) is 18.7. The molecule has 4 aliphatic carbocycles. The molecule has 12 N–H and O–H groups in total. The van der Waals surface area contributed by atoms with Crippen molar-refractivity contribution in [2.24, 2.45) is 45.8 Å². The number of nitrogen functional groups attached to an aromatic ring is 1. The van der Waals surface area contributed by atoms with Crippen molar-refractivity contribution in [3.8, 4) is 0 Å². The Hall–Kier alpha value is -3.11. The van der Waals surface area contributed by atoms with E-state index < -0.39 is 102 Å². The first-order valence-electron chi connectivity index (χ1n) is 25.0. The summed E-state index contributed by atoms with van der Waals surface area (Å²) in [5.74, 6) is -0.544. The lowest BCUT2D eigenvalue weighted by Gasteiger charge is -2.61. The van der Waals surface area contributed by atoms with Crippen LogP contribution in [0.3, 0.4) is 0 Å². The summed E-state index contributed by atoms with van der Waals surface area (Å²) in [6, 6.07) is 0. The van der Waals surface area contributed by atoms with Crippen LogP contribution in [-0.4, -0.2) is 151 Å². The number of imidazole rings is 1. The number of nitrogens with two attached hydrogens (primary N) is 1. The highest BCUT2D eigenvalue weighted by Gasteiger charge is 2.65. The number of phosphoric acid groups is 3. The van der Waals surface area contributed by atoms with Crippen molar-refractivity contribution in [1.82, 2.24) is 30.2 Å². The van der Waals surface area contributed by atoms with Gasteiger partial charge in [-0.2, -0.15) is 4.31 Å². The zero-order valence-electron chi connectivity index (χ0n) is 42.7. The SMILES string of the molecule is CC(CCC(=O)SCCNC(=O)CCNC(=O)C(O)C(C)(C)COP(=O)(O)OP(=O)(O)OCC1OC(n2cnc3c(N)ncnc32)C(O)C1OP(=O)(O)O)C1CCC2C3C(O)CC4=CC(=O)CCC4(C)C3CC(O)C12C. The molecule has 5 aliphatic rings. The van der Waals surface area contributed by atoms with Gasteiger partial charge in [-0.3, -0.25) is 37.3 Å². The number of carbonyl (C=O) groups excluding carboxylic acids is 4. The minimum absolute atomic E-state index is 0.0228. The molecule has 2 amide bonds. The predicted molar refractivity (Wildman–Crippen MR) is 268 cm³/mol. The van der Waals surface area contributed by atoms with Crippen molar-refractivity contribution < 1.29 is 95.5 Å². The molecule has 16 atom stereocenters. The summed E-state index contributed by atoms with van der Waals surface area (Å²) >= 11 is 1.09. The minimum Gasteiger partial charge on any atom is -0.393 e. The summed E-state index contributed by atoms with van der Waals surface area (Å²) < 4.78 is 62.7. The van der Waals surface area contributed by atoms with E-state index in [0.717, 1.165) is 53.8 Å². The number of ketones is 1. The molecule has 1 aliphatic heterocycles. The average molecular weight is 1150 g/mol. The molecule has 3 heterocycles. The van der Waals surface area contributed by atoms with Crippen LogP contribution in [0, 0.1) is 45.8 Å². The molecule has 4 fully saturated rings. The van der Waals surface area contributed by atoms with E-state index in [2.05, 4.69) is 55.2 Å². The van der Waals surface area contributed by atoms with Gasteiger partial charge in [0.15, 0.2) is 28.6 Å². The third-order valence-corrected chi connectivity index (χ3v) is 20.5. The second kappa shape index (κ2) is 23.5. The van der Waals surface area contributed by atoms with Gasteiger partial charge >= 0.3 is 23.5 Å². The normalized spacial score (nSPS) is 33.0. The summed E-state index contributed by atoms with van der Waals surface area (Å²) in [7, 11) is -16.5. The van der Waals surface area contributed by atoms with Crippen LogP contribution >= 0.6 is 35.2 Å². The van der Waals surface area contributed by atoms with Gasteiger partial charge in [-0.15, -0.1) is 0 Å². The number of nitrogens with zero attached hydrogens (tertiary/aromatic N) is 4. The van der Waals surface area contributed by atoms with Crippen molar-refractivity contribution in [3.05, 3.63) is 24.3 Å². The lowest BCUT2D eigenvalue weighted by atomic mass is 9.45. The van der Waals surface area contributed by atoms with Crippen molar-refractivity contribution in [2.75, 3.05) is 37.8 Å². The Labute approximate surface area is 442 Å². The summed E-state index contributed by atoms with van der Waals surface area (Å²) in [6.45, 7) is 6.86. The number of aromatic nitrogens is 4. The number of aliphatic hydroxyl groups excluding tert-OH is 4. The van der Waals surface area contributed by atoms with E-state index in [4.69, 9.17) is 19.5 Å². The number of amides is 2. The number of hydrogen-bond acceptors (Lipinski definition) is 21. The second-order valence-corrected chi connectivity index (χ2v) is 27.1. The number of thioether (sulfide) groups is 1. The maximum absolute atomic E-state index is 13.0. The topological polar surface area (TPSA) is 421 Å². The first kappa shape index (κ1) is 60.5. The van der Waals surface area contributed by atoms with E-state index in [-0.39, 0.29) is 82.4 Å². The van der Waals surface area contributed by atoms with Gasteiger partial charge in [0.25, 0.3) is 0 Å². The van der Waals surface area contributed by atoms with Gasteiger partial charge in [0.2, 0.25) is 11.8 Å². The first-order valence-corrected chi connectivity index (χ1v) is 30.5. The van der Waals surface area contributed by atoms with Gasteiger partial charge in [0, 0.05) is 43.5 Å². The van der Waals surface area contributed by atoms with Gasteiger partial charge in [0.05, 0.1) is 31.7 Å². The Bertz CT molecular complexity index is 2680. The molecule has 76 heavy (non-hydrogen) atoms. The van der Waals surface area contributed by atoms with Gasteiger partial charge in [-0.05, 0) is 85.0 Å². The van der Waals surface area contributed by atoms with Crippen LogP contribution in [0.4, 0.5) is 5.82 Å². The van der Waals surface area contributed by atoms with Crippen molar-refractivity contribution in [3.63, 3.8) is 0 Å². The van der Waals surface area contributed by atoms with E-state index in [1.54, 1.807) is 6.08 Å². The lowest BCUT2D eigenvalue weighted by molar-refractivity contribution is -0.168. The number of rotatable bonds is 23. The highest BCUT2D eigenvalue weighted by molar-refractivity contribution is 8.13. The Morgan fingerprint density at radius 3 is 2.42 bits per heavy atom. The van der Waals surface area contributed by atoms with Gasteiger partial charge in [-0.1, -0.05) is 52.0 Å². The summed E-state index contributed by atoms with van der Waals surface area (Å²) in [4.78, 5) is 102. The first-order chi connectivity index (χ1) is 35.4. The Balaban J connectivity index is 0.786. The fourth-order valence-corrected chi connectivity index (χ4v) is 15.9. The number of hydrogen-bond donors (Lipinski definition) is 11. The Morgan fingerprint density at radius 1 is 1.00 bits per heavy atom. The smallest absolute Gasteiger partial charge is 0.393 e. The molecule has 3 saturated carbocycles. The summed E-state index contributed by atoms with van der Waals surface area (Å²) in [6.07, 6.45) is -1.46. The highest BCUT2D eigenvalue weighted by atomic mass is 32.2. The zero-order chi connectivity index (χ0) is 55.9. The molecular formula is C45H70N7O20P3S. The summed E-state index contributed by atoms with van der Waals surface area (Å²) in [5.41, 5.74) is 4.63. The molecule has 1 saturated heterocycles. The number of nitrogens with one attached hydrogen (secondary N) is 2. The second-order valence-electron chi connectivity index (χ2n) is 21.7. The van der Waals surface area contributed by atoms with Gasteiger partial charge < -0.3 is 61.1 Å². The number of anilines is 1. The predicted octanol–water partition coefficient (Wildman–Crippen LogP) is 2.17. The molecule has 27 nitrogen and oxygen atoms in total. The van der Waals surface area contributed by atoms with E-state index in [0.29, 0.717) is 37.9 Å². The molecule has 2 aromatic rings. The number of aliphatic hydroxyl groups is 4. The zero-order valence-corrected chi connectivity index (χ0v) is 46.2. The average Bonchev–Trinajstić information content (AvgIpc) is 4.03. The maximum Gasteiger partial charge on any atom is 0.481 e. The highest BCUT2D eigenvalue weighted by Crippen LogP contribution is 2.68. The fourth-order valence-electron chi connectivity index (χ4n) is 12.4. The van der Waals surface area contributed by atoms with Crippen LogP contribution < -0.4 is 16.4 Å². The molecule has 2 aromatic heterocycles. The van der Waals surface area contributed by atoms with Crippen LogP contribution in [0.15, 0.2) is 24.3 Å². The molecule has 0 aromatic carbocycles. The molecule has 31 heteroatoms. The number of carbonyl (C=O) groups is 4. The van der Waals surface area contributed by atoms with Crippen LogP contribution in [0.25, 0.3) is 11.2 Å². The van der Waals surface area contributed by atoms with Crippen molar-refractivity contribution >= 4 is 74.9 Å². The van der Waals surface area contributed by atoms with Crippen LogP contribution in [0.5, 0.6) is 0 Å². The molecule has 7 rings (SSSR count). The van der Waals surface area contributed by atoms with E-state index in [1.165, 1.54) is 13.8 Å². The molecule has 0 bridgehead atoms. The number of phosphoric ester groups is 3. The molecule has 0 radical (unpaired) electrons. The third-order valence-electron chi connectivity index (χ3n) is 16.4. The molecule has 16 unspecified atom stereocenters. The van der Waals surface area contributed by atoms with E-state index in [9.17, 15) is 72.9 Å². The lowest BCUT2D eigenvalue weighted by Crippen LogP contribution is -2.60. The Morgan fingerprint density at radius 2 is 1.71 bits per heavy atom. The maximum atomic E-state index is 13.0. The largest absolute Gasteiger partial charge is 0.481 e. The molecular weight excluding hydrogens is 1080 g/mol. The monoisotopic (exact) mass is 1150 g/mol. The van der Waals surface area contributed by atoms with Gasteiger partial charge in [0.1, 0.15) is 36.3 Å². The van der Waals surface area contributed by atoms with Crippen molar-refractivity contribution in [2.45, 2.75) is 135 Å². The van der Waals surface area contributed by atoms with Crippen LogP contribution in [0.1, 0.15) is 98.6 Å². The fraction of sp³-hybridized carbons (Fsp3) is 0.756. The molecule has 426 valence electrons.